The standard InChI is InChI=1S/C19H18F2N2O2S/c1-23(11-15-6-8-17(9-7-15)25-19(20)21)18(24)13-26-12-16-4-2-14(10-22)3-5-16/h2-9,19H,11-13H2,1H3. The minimum atomic E-state index is -2.85. The molecule has 4 nitrogen and oxygen atoms in total. The van der Waals surface area contributed by atoms with Gasteiger partial charge in [0.15, 0.2) is 0 Å². The first-order valence-corrected chi connectivity index (χ1v) is 8.98. The van der Waals surface area contributed by atoms with Crippen LogP contribution in [-0.2, 0) is 17.1 Å². The minimum absolute atomic E-state index is 0.0171. The maximum absolute atomic E-state index is 12.2. The van der Waals surface area contributed by atoms with Gasteiger partial charge in [0.1, 0.15) is 5.75 Å². The molecular formula is C19H18F2N2O2S. The maximum atomic E-state index is 12.2. The Bertz CT molecular complexity index is 759. The average Bonchev–Trinajstić information content (AvgIpc) is 2.63. The molecule has 0 bridgehead atoms. The van der Waals surface area contributed by atoms with Crippen LogP contribution in [0.5, 0.6) is 5.75 Å². The molecule has 0 heterocycles. The van der Waals surface area contributed by atoms with E-state index in [0.29, 0.717) is 23.6 Å². The van der Waals surface area contributed by atoms with Crippen molar-refractivity contribution in [2.24, 2.45) is 0 Å². The van der Waals surface area contributed by atoms with E-state index in [9.17, 15) is 13.6 Å². The van der Waals surface area contributed by atoms with Gasteiger partial charge in [-0.05, 0) is 35.4 Å². The van der Waals surface area contributed by atoms with Crippen LogP contribution in [0.1, 0.15) is 16.7 Å². The van der Waals surface area contributed by atoms with Gasteiger partial charge in [0.05, 0.1) is 17.4 Å². The minimum Gasteiger partial charge on any atom is -0.435 e. The third kappa shape index (κ3) is 6.37. The van der Waals surface area contributed by atoms with E-state index in [0.717, 1.165) is 11.1 Å². The Morgan fingerprint density at radius 2 is 1.77 bits per heavy atom. The van der Waals surface area contributed by atoms with Gasteiger partial charge in [0.2, 0.25) is 5.91 Å². The Kier molecular flexibility index (Phi) is 7.42. The summed E-state index contributed by atoms with van der Waals surface area (Å²) in [7, 11) is 1.70. The van der Waals surface area contributed by atoms with Gasteiger partial charge in [0, 0.05) is 19.3 Å². The Morgan fingerprint density at radius 3 is 2.35 bits per heavy atom. The van der Waals surface area contributed by atoms with E-state index >= 15 is 0 Å². The lowest BCUT2D eigenvalue weighted by Crippen LogP contribution is -2.27. The second-order valence-electron chi connectivity index (χ2n) is 5.57. The quantitative estimate of drug-likeness (QED) is 0.697. The van der Waals surface area contributed by atoms with Crippen molar-refractivity contribution in [1.29, 1.82) is 5.26 Å². The van der Waals surface area contributed by atoms with Crippen LogP contribution in [0.4, 0.5) is 8.78 Å². The summed E-state index contributed by atoms with van der Waals surface area (Å²) in [6.07, 6.45) is 0. The van der Waals surface area contributed by atoms with Gasteiger partial charge >= 0.3 is 6.61 Å². The van der Waals surface area contributed by atoms with Crippen molar-refractivity contribution in [2.45, 2.75) is 18.9 Å². The van der Waals surface area contributed by atoms with E-state index in [1.165, 1.54) is 23.9 Å². The molecule has 7 heteroatoms. The van der Waals surface area contributed by atoms with Gasteiger partial charge in [0.25, 0.3) is 0 Å². The molecule has 0 fully saturated rings. The van der Waals surface area contributed by atoms with Crippen LogP contribution in [0.2, 0.25) is 0 Å². The highest BCUT2D eigenvalue weighted by atomic mass is 32.2. The number of nitrogens with zero attached hydrogens (tertiary/aromatic N) is 2. The summed E-state index contributed by atoms with van der Waals surface area (Å²) in [6.45, 7) is -2.45. The van der Waals surface area contributed by atoms with Crippen molar-refractivity contribution >= 4 is 17.7 Å². The predicted octanol–water partition coefficient (Wildman–Crippen LogP) is 4.05. The van der Waals surface area contributed by atoms with Crippen LogP contribution in [0.3, 0.4) is 0 Å². The first kappa shape index (κ1) is 19.7. The topological polar surface area (TPSA) is 53.3 Å². The number of rotatable bonds is 8. The Hall–Kier alpha value is -2.59. The smallest absolute Gasteiger partial charge is 0.387 e. The summed E-state index contributed by atoms with van der Waals surface area (Å²) in [4.78, 5) is 13.8. The van der Waals surface area contributed by atoms with Crippen LogP contribution in [0.25, 0.3) is 0 Å². The zero-order chi connectivity index (χ0) is 18.9. The zero-order valence-electron chi connectivity index (χ0n) is 14.2. The van der Waals surface area contributed by atoms with E-state index in [4.69, 9.17) is 5.26 Å². The van der Waals surface area contributed by atoms with Crippen LogP contribution in [-0.4, -0.2) is 30.2 Å². The molecule has 0 aliphatic heterocycles. The lowest BCUT2D eigenvalue weighted by Gasteiger charge is -2.17. The third-order valence-corrected chi connectivity index (χ3v) is 4.56. The number of halogens is 2. The van der Waals surface area contributed by atoms with Crippen molar-refractivity contribution in [1.82, 2.24) is 4.90 Å². The fraction of sp³-hybridized carbons (Fsp3) is 0.263. The van der Waals surface area contributed by atoms with Crippen molar-refractivity contribution in [3.8, 4) is 11.8 Å². The number of amides is 1. The summed E-state index contributed by atoms with van der Waals surface area (Å²) < 4.78 is 28.5. The molecule has 1 amide bonds. The van der Waals surface area contributed by atoms with E-state index < -0.39 is 6.61 Å². The molecule has 2 rings (SSSR count). The van der Waals surface area contributed by atoms with Gasteiger partial charge in [-0.15, -0.1) is 11.8 Å². The van der Waals surface area contributed by atoms with Crippen LogP contribution in [0, 0.1) is 11.3 Å². The third-order valence-electron chi connectivity index (χ3n) is 3.57. The Labute approximate surface area is 155 Å². The van der Waals surface area contributed by atoms with Gasteiger partial charge in [-0.2, -0.15) is 14.0 Å². The Balaban J connectivity index is 1.77. The molecule has 0 aliphatic carbocycles. The van der Waals surface area contributed by atoms with Crippen molar-refractivity contribution in [3.63, 3.8) is 0 Å². The summed E-state index contributed by atoms with van der Waals surface area (Å²) >= 11 is 1.50. The maximum Gasteiger partial charge on any atom is 0.387 e. The molecule has 2 aromatic carbocycles. The molecule has 0 saturated heterocycles. The SMILES string of the molecule is CN(Cc1ccc(OC(F)F)cc1)C(=O)CSCc1ccc(C#N)cc1. The lowest BCUT2D eigenvalue weighted by atomic mass is 10.2. The molecule has 0 saturated carbocycles. The Morgan fingerprint density at radius 1 is 1.15 bits per heavy atom. The predicted molar refractivity (Wildman–Crippen MR) is 96.9 cm³/mol. The number of hydrogen-bond donors (Lipinski definition) is 0. The van der Waals surface area contributed by atoms with Crippen LogP contribution in [0.15, 0.2) is 48.5 Å². The normalized spacial score (nSPS) is 10.4. The fourth-order valence-electron chi connectivity index (χ4n) is 2.18. The molecule has 26 heavy (non-hydrogen) atoms. The van der Waals surface area contributed by atoms with Gasteiger partial charge in [-0.1, -0.05) is 24.3 Å². The van der Waals surface area contributed by atoms with Crippen LogP contribution < -0.4 is 4.74 Å². The zero-order valence-corrected chi connectivity index (χ0v) is 15.0. The molecule has 0 aliphatic rings. The van der Waals surface area contributed by atoms with Crippen LogP contribution >= 0.6 is 11.8 Å². The number of carbonyl (C=O) groups excluding carboxylic acids is 1. The number of hydrogen-bond acceptors (Lipinski definition) is 4. The highest BCUT2D eigenvalue weighted by Crippen LogP contribution is 2.17. The van der Waals surface area contributed by atoms with Gasteiger partial charge in [-0.25, -0.2) is 0 Å². The number of benzene rings is 2. The molecule has 0 spiro atoms. The number of alkyl halides is 2. The summed E-state index contributed by atoms with van der Waals surface area (Å²) in [5.41, 5.74) is 2.50. The van der Waals surface area contributed by atoms with E-state index in [-0.39, 0.29) is 11.7 Å². The van der Waals surface area contributed by atoms with Gasteiger partial charge < -0.3 is 9.64 Å². The van der Waals surface area contributed by atoms with E-state index in [1.54, 1.807) is 36.2 Å². The fourth-order valence-corrected chi connectivity index (χ4v) is 3.11. The molecule has 0 radical (unpaired) electrons. The monoisotopic (exact) mass is 376 g/mol. The molecule has 0 unspecified atom stereocenters. The first-order valence-electron chi connectivity index (χ1n) is 7.82. The molecule has 0 N–H and O–H groups in total. The number of ether oxygens (including phenoxy) is 1. The highest BCUT2D eigenvalue weighted by Gasteiger charge is 2.10. The van der Waals surface area contributed by atoms with E-state index in [2.05, 4.69) is 10.8 Å². The summed E-state index contributed by atoms with van der Waals surface area (Å²) in [5, 5.41) is 8.77. The second kappa shape index (κ2) is 9.78. The van der Waals surface area contributed by atoms with E-state index in [1.807, 2.05) is 12.1 Å². The second-order valence-corrected chi connectivity index (χ2v) is 6.56. The van der Waals surface area contributed by atoms with Crippen molar-refractivity contribution in [3.05, 3.63) is 65.2 Å². The largest absolute Gasteiger partial charge is 0.435 e. The summed E-state index contributed by atoms with van der Waals surface area (Å²) in [5.74, 6) is 1.10. The molecular weight excluding hydrogens is 358 g/mol. The van der Waals surface area contributed by atoms with Crippen molar-refractivity contribution in [2.75, 3.05) is 12.8 Å². The van der Waals surface area contributed by atoms with Crippen molar-refractivity contribution < 1.29 is 18.3 Å². The number of carbonyl (C=O) groups is 1. The molecule has 0 aromatic heterocycles. The lowest BCUT2D eigenvalue weighted by molar-refractivity contribution is -0.127. The van der Waals surface area contributed by atoms with Gasteiger partial charge in [-0.3, -0.25) is 4.79 Å². The average molecular weight is 376 g/mol. The highest BCUT2D eigenvalue weighted by molar-refractivity contribution is 7.99. The molecule has 2 aromatic rings. The molecule has 0 atom stereocenters. The number of nitriles is 1. The molecule has 136 valence electrons. The first-order chi connectivity index (χ1) is 12.5. The summed E-state index contributed by atoms with van der Waals surface area (Å²) in [6, 6.07) is 15.6. The number of thioether (sulfide) groups is 1.